The van der Waals surface area contributed by atoms with Crippen molar-refractivity contribution in [2.75, 3.05) is 20.2 Å². The molecule has 4 heteroatoms. The van der Waals surface area contributed by atoms with Crippen LogP contribution in [0.4, 0.5) is 0 Å². The zero-order chi connectivity index (χ0) is 7.61. The van der Waals surface area contributed by atoms with E-state index in [9.17, 15) is 10.2 Å². The van der Waals surface area contributed by atoms with Gasteiger partial charge in [-0.15, -0.1) is 0 Å². The van der Waals surface area contributed by atoms with Crippen molar-refractivity contribution >= 4 is 0 Å². The quantitative estimate of drug-likeness (QED) is 0.402. The Morgan fingerprint density at radius 2 is 2.30 bits per heavy atom. The molecule has 4 nitrogen and oxygen atoms in total. The molecule has 0 aromatic rings. The van der Waals surface area contributed by atoms with E-state index >= 15 is 0 Å². The van der Waals surface area contributed by atoms with E-state index in [1.54, 1.807) is 0 Å². The predicted octanol–water partition coefficient (Wildman–Crippen LogP) is -1.32. The van der Waals surface area contributed by atoms with Gasteiger partial charge in [0.15, 0.2) is 5.79 Å². The molecule has 0 spiro atoms. The van der Waals surface area contributed by atoms with Crippen LogP contribution in [0.15, 0.2) is 0 Å². The van der Waals surface area contributed by atoms with Crippen molar-refractivity contribution in [3.8, 4) is 0 Å². The van der Waals surface area contributed by atoms with Crippen molar-refractivity contribution in [2.45, 2.75) is 18.3 Å². The standard InChI is InChI=1S/C6H13NO3/c1-10-5-4-7-3-2-6(5,8)9/h5,7-9H,2-4H2,1H3. The van der Waals surface area contributed by atoms with Crippen LogP contribution in [0.3, 0.4) is 0 Å². The summed E-state index contributed by atoms with van der Waals surface area (Å²) in [6, 6.07) is 0. The maximum Gasteiger partial charge on any atom is 0.192 e. The number of ether oxygens (including phenoxy) is 1. The van der Waals surface area contributed by atoms with E-state index in [2.05, 4.69) is 5.32 Å². The topological polar surface area (TPSA) is 61.7 Å². The summed E-state index contributed by atoms with van der Waals surface area (Å²) in [5.74, 6) is -1.64. The fourth-order valence-corrected chi connectivity index (χ4v) is 1.10. The van der Waals surface area contributed by atoms with Crippen LogP contribution in [0.1, 0.15) is 6.42 Å². The van der Waals surface area contributed by atoms with E-state index in [-0.39, 0.29) is 0 Å². The molecule has 1 saturated heterocycles. The van der Waals surface area contributed by atoms with E-state index in [0.29, 0.717) is 19.5 Å². The highest BCUT2D eigenvalue weighted by Gasteiger charge is 2.36. The van der Waals surface area contributed by atoms with Gasteiger partial charge in [0.05, 0.1) is 0 Å². The Kier molecular flexibility index (Phi) is 2.25. The lowest BCUT2D eigenvalue weighted by atomic mass is 10.0. The number of methoxy groups -OCH3 is 1. The van der Waals surface area contributed by atoms with Gasteiger partial charge < -0.3 is 20.3 Å². The molecule has 0 saturated carbocycles. The van der Waals surface area contributed by atoms with Gasteiger partial charge >= 0.3 is 0 Å². The summed E-state index contributed by atoms with van der Waals surface area (Å²) in [4.78, 5) is 0. The molecular formula is C6H13NO3. The van der Waals surface area contributed by atoms with E-state index in [1.807, 2.05) is 0 Å². The van der Waals surface area contributed by atoms with Crippen LogP contribution in [0.2, 0.25) is 0 Å². The number of aliphatic hydroxyl groups is 2. The third kappa shape index (κ3) is 1.46. The summed E-state index contributed by atoms with van der Waals surface area (Å²) >= 11 is 0. The van der Waals surface area contributed by atoms with Gasteiger partial charge in [-0.2, -0.15) is 0 Å². The molecule has 0 aromatic carbocycles. The fourth-order valence-electron chi connectivity index (χ4n) is 1.10. The lowest BCUT2D eigenvalue weighted by molar-refractivity contribution is -0.241. The first-order valence-electron chi connectivity index (χ1n) is 3.35. The monoisotopic (exact) mass is 147 g/mol. The Morgan fingerprint density at radius 3 is 2.70 bits per heavy atom. The number of rotatable bonds is 1. The number of hydrogen-bond donors (Lipinski definition) is 3. The van der Waals surface area contributed by atoms with E-state index in [1.165, 1.54) is 7.11 Å². The molecule has 1 atom stereocenters. The molecule has 3 N–H and O–H groups in total. The molecule has 60 valence electrons. The largest absolute Gasteiger partial charge is 0.375 e. The van der Waals surface area contributed by atoms with Crippen molar-refractivity contribution in [3.05, 3.63) is 0 Å². The van der Waals surface area contributed by atoms with Crippen LogP contribution in [-0.2, 0) is 4.74 Å². The van der Waals surface area contributed by atoms with Crippen LogP contribution < -0.4 is 5.32 Å². The first-order chi connectivity index (χ1) is 4.67. The average Bonchev–Trinajstić information content (AvgIpc) is 1.87. The lowest BCUT2D eigenvalue weighted by Gasteiger charge is -2.34. The smallest absolute Gasteiger partial charge is 0.192 e. The second-order valence-corrected chi connectivity index (χ2v) is 2.56. The lowest BCUT2D eigenvalue weighted by Crippen LogP contribution is -2.54. The Bertz CT molecular complexity index is 116. The second-order valence-electron chi connectivity index (χ2n) is 2.56. The Morgan fingerprint density at radius 1 is 1.60 bits per heavy atom. The van der Waals surface area contributed by atoms with Crippen LogP contribution in [0.5, 0.6) is 0 Å². The first-order valence-corrected chi connectivity index (χ1v) is 3.35. The molecule has 0 bridgehead atoms. The Hall–Kier alpha value is -0.160. The summed E-state index contributed by atoms with van der Waals surface area (Å²) in [6.45, 7) is 1.14. The van der Waals surface area contributed by atoms with Gasteiger partial charge in [-0.05, 0) is 0 Å². The van der Waals surface area contributed by atoms with E-state index in [0.717, 1.165) is 0 Å². The van der Waals surface area contributed by atoms with Gasteiger partial charge in [0.1, 0.15) is 6.10 Å². The summed E-state index contributed by atoms with van der Waals surface area (Å²) in [7, 11) is 1.47. The second kappa shape index (κ2) is 2.84. The van der Waals surface area contributed by atoms with E-state index in [4.69, 9.17) is 4.74 Å². The molecule has 0 aromatic heterocycles. The van der Waals surface area contributed by atoms with Crippen molar-refractivity contribution < 1.29 is 14.9 Å². The van der Waals surface area contributed by atoms with Gasteiger partial charge in [-0.1, -0.05) is 0 Å². The highest BCUT2D eigenvalue weighted by molar-refractivity contribution is 4.83. The molecule has 1 rings (SSSR count). The maximum absolute atomic E-state index is 9.22. The first kappa shape index (κ1) is 7.94. The third-order valence-electron chi connectivity index (χ3n) is 1.80. The normalized spacial score (nSPS) is 32.1. The molecule has 1 aliphatic rings. The average molecular weight is 147 g/mol. The zero-order valence-corrected chi connectivity index (χ0v) is 6.00. The third-order valence-corrected chi connectivity index (χ3v) is 1.80. The molecule has 0 aliphatic carbocycles. The highest BCUT2D eigenvalue weighted by atomic mass is 16.6. The SMILES string of the molecule is COC1CNCCC1(O)O. The van der Waals surface area contributed by atoms with Crippen LogP contribution in [0, 0.1) is 0 Å². The molecule has 0 amide bonds. The number of hydrogen-bond acceptors (Lipinski definition) is 4. The van der Waals surface area contributed by atoms with Gasteiger partial charge in [0.25, 0.3) is 0 Å². The highest BCUT2D eigenvalue weighted by Crippen LogP contribution is 2.16. The molecular weight excluding hydrogens is 134 g/mol. The zero-order valence-electron chi connectivity index (χ0n) is 6.00. The fraction of sp³-hybridized carbons (Fsp3) is 1.00. The van der Waals surface area contributed by atoms with Gasteiger partial charge in [0.2, 0.25) is 0 Å². The van der Waals surface area contributed by atoms with Crippen LogP contribution >= 0.6 is 0 Å². The molecule has 10 heavy (non-hydrogen) atoms. The Labute approximate surface area is 59.8 Å². The maximum atomic E-state index is 9.22. The van der Waals surface area contributed by atoms with Crippen molar-refractivity contribution in [2.24, 2.45) is 0 Å². The summed E-state index contributed by atoms with van der Waals surface area (Å²) in [5.41, 5.74) is 0. The minimum absolute atomic E-state index is 0.325. The minimum atomic E-state index is -1.64. The molecule has 0 radical (unpaired) electrons. The summed E-state index contributed by atoms with van der Waals surface area (Å²) in [6.07, 6.45) is -0.174. The molecule has 1 heterocycles. The van der Waals surface area contributed by atoms with Crippen LogP contribution in [-0.4, -0.2) is 42.3 Å². The van der Waals surface area contributed by atoms with Crippen LogP contribution in [0.25, 0.3) is 0 Å². The minimum Gasteiger partial charge on any atom is -0.375 e. The Balaban J connectivity index is 2.51. The molecule has 1 aliphatic heterocycles. The van der Waals surface area contributed by atoms with Gasteiger partial charge in [-0.3, -0.25) is 0 Å². The molecule has 1 fully saturated rings. The number of piperidine rings is 1. The molecule has 1 unspecified atom stereocenters. The summed E-state index contributed by atoms with van der Waals surface area (Å²) in [5, 5.41) is 21.4. The van der Waals surface area contributed by atoms with Gasteiger partial charge in [-0.25, -0.2) is 0 Å². The van der Waals surface area contributed by atoms with E-state index < -0.39 is 11.9 Å². The van der Waals surface area contributed by atoms with Crippen molar-refractivity contribution in [1.29, 1.82) is 0 Å². The number of nitrogens with one attached hydrogen (secondary N) is 1. The van der Waals surface area contributed by atoms with Crippen molar-refractivity contribution in [1.82, 2.24) is 5.32 Å². The van der Waals surface area contributed by atoms with Gasteiger partial charge in [0, 0.05) is 26.6 Å². The van der Waals surface area contributed by atoms with Crippen molar-refractivity contribution in [3.63, 3.8) is 0 Å². The predicted molar refractivity (Wildman–Crippen MR) is 35.5 cm³/mol. The summed E-state index contributed by atoms with van der Waals surface area (Å²) < 4.78 is 4.84.